The summed E-state index contributed by atoms with van der Waals surface area (Å²) in [5.74, 6) is 1.51. The van der Waals surface area contributed by atoms with Gasteiger partial charge in [-0.25, -0.2) is 4.98 Å². The first-order valence-electron chi connectivity index (χ1n) is 5.06. The van der Waals surface area contributed by atoms with E-state index in [1.165, 1.54) is 0 Å². The van der Waals surface area contributed by atoms with Gasteiger partial charge in [-0.05, 0) is 25.1 Å². The molecule has 0 aliphatic rings. The van der Waals surface area contributed by atoms with Crippen LogP contribution in [-0.2, 0) is 6.61 Å². The van der Waals surface area contributed by atoms with Crippen LogP contribution in [0.25, 0.3) is 0 Å². The Morgan fingerprint density at radius 1 is 1.41 bits per heavy atom. The van der Waals surface area contributed by atoms with E-state index in [2.05, 4.69) is 9.97 Å². The molecule has 0 bridgehead atoms. The van der Waals surface area contributed by atoms with Gasteiger partial charge in [-0.3, -0.25) is 0 Å². The molecule has 1 aromatic carbocycles. The summed E-state index contributed by atoms with van der Waals surface area (Å²) in [6, 6.07) is 6.99. The van der Waals surface area contributed by atoms with Gasteiger partial charge in [-0.1, -0.05) is 17.7 Å². The van der Waals surface area contributed by atoms with Gasteiger partial charge < -0.3 is 9.84 Å². The van der Waals surface area contributed by atoms with Crippen molar-refractivity contribution < 1.29 is 9.84 Å². The molecular weight excluding hydrogens is 240 g/mol. The van der Waals surface area contributed by atoms with Gasteiger partial charge in [0.25, 0.3) is 0 Å². The zero-order chi connectivity index (χ0) is 12.3. The highest BCUT2D eigenvalue weighted by atomic mass is 35.5. The van der Waals surface area contributed by atoms with Gasteiger partial charge in [0.1, 0.15) is 11.6 Å². The van der Waals surface area contributed by atoms with Crippen LogP contribution in [0.3, 0.4) is 0 Å². The fourth-order valence-corrected chi connectivity index (χ4v) is 1.49. The van der Waals surface area contributed by atoms with E-state index in [9.17, 15) is 0 Å². The average molecular weight is 251 g/mol. The smallest absolute Gasteiger partial charge is 0.228 e. The van der Waals surface area contributed by atoms with Crippen molar-refractivity contribution in [1.29, 1.82) is 0 Å². The SMILES string of the molecule is Cc1ncc(CO)c(Oc2cccc(Cl)c2)n1. The molecule has 2 rings (SSSR count). The summed E-state index contributed by atoms with van der Waals surface area (Å²) in [7, 11) is 0. The van der Waals surface area contributed by atoms with Crippen LogP contribution < -0.4 is 4.74 Å². The second kappa shape index (κ2) is 5.12. The van der Waals surface area contributed by atoms with Crippen molar-refractivity contribution in [3.05, 3.63) is 46.9 Å². The van der Waals surface area contributed by atoms with E-state index < -0.39 is 0 Å². The number of aromatic nitrogens is 2. The molecule has 0 spiro atoms. The normalized spacial score (nSPS) is 10.3. The number of hydrogen-bond acceptors (Lipinski definition) is 4. The number of ether oxygens (including phenoxy) is 1. The van der Waals surface area contributed by atoms with Crippen molar-refractivity contribution in [2.45, 2.75) is 13.5 Å². The lowest BCUT2D eigenvalue weighted by molar-refractivity contribution is 0.274. The van der Waals surface area contributed by atoms with Crippen LogP contribution in [0.2, 0.25) is 5.02 Å². The molecule has 1 N–H and O–H groups in total. The predicted octanol–water partition coefficient (Wildman–Crippen LogP) is 2.72. The molecule has 0 radical (unpaired) electrons. The van der Waals surface area contributed by atoms with E-state index >= 15 is 0 Å². The first-order valence-corrected chi connectivity index (χ1v) is 5.43. The molecule has 0 amide bonds. The minimum atomic E-state index is -0.170. The molecule has 1 heterocycles. The number of halogens is 1. The maximum Gasteiger partial charge on any atom is 0.228 e. The highest BCUT2D eigenvalue weighted by Gasteiger charge is 2.07. The summed E-state index contributed by atoms with van der Waals surface area (Å²) in [6.07, 6.45) is 1.54. The molecule has 0 unspecified atom stereocenters. The average Bonchev–Trinajstić information content (AvgIpc) is 2.29. The Bertz CT molecular complexity index is 532. The van der Waals surface area contributed by atoms with E-state index in [0.717, 1.165) is 0 Å². The minimum absolute atomic E-state index is 0.170. The molecule has 88 valence electrons. The summed E-state index contributed by atoms with van der Waals surface area (Å²) in [6.45, 7) is 1.59. The summed E-state index contributed by atoms with van der Waals surface area (Å²) in [5, 5.41) is 9.74. The van der Waals surface area contributed by atoms with Crippen LogP contribution in [-0.4, -0.2) is 15.1 Å². The quantitative estimate of drug-likeness (QED) is 0.910. The summed E-state index contributed by atoms with van der Waals surface area (Å²) < 4.78 is 5.57. The first kappa shape index (κ1) is 11.8. The molecule has 0 aliphatic heterocycles. The van der Waals surface area contributed by atoms with Crippen LogP contribution in [0, 0.1) is 6.92 Å². The lowest BCUT2D eigenvalue weighted by atomic mass is 10.3. The van der Waals surface area contributed by atoms with Crippen molar-refractivity contribution >= 4 is 11.6 Å². The lowest BCUT2D eigenvalue weighted by Gasteiger charge is -2.08. The molecule has 0 saturated heterocycles. The van der Waals surface area contributed by atoms with E-state index in [-0.39, 0.29) is 6.61 Å². The van der Waals surface area contributed by atoms with Crippen molar-refractivity contribution in [1.82, 2.24) is 9.97 Å². The standard InChI is InChI=1S/C12H11ClN2O2/c1-8-14-6-9(7-16)12(15-8)17-11-4-2-3-10(13)5-11/h2-6,16H,7H2,1H3. The van der Waals surface area contributed by atoms with Crippen molar-refractivity contribution in [2.75, 3.05) is 0 Å². The molecule has 0 saturated carbocycles. The molecule has 5 heteroatoms. The second-order valence-corrected chi connectivity index (χ2v) is 3.90. The predicted molar refractivity (Wildman–Crippen MR) is 64.2 cm³/mol. The summed E-state index contributed by atoms with van der Waals surface area (Å²) in [4.78, 5) is 8.13. The monoisotopic (exact) mass is 250 g/mol. The Labute approximate surface area is 104 Å². The van der Waals surface area contributed by atoms with Crippen LogP contribution in [0.1, 0.15) is 11.4 Å². The van der Waals surface area contributed by atoms with Crippen LogP contribution in [0.15, 0.2) is 30.5 Å². The van der Waals surface area contributed by atoms with E-state index in [0.29, 0.717) is 28.0 Å². The van der Waals surface area contributed by atoms with Gasteiger partial charge in [-0.15, -0.1) is 0 Å². The lowest BCUT2D eigenvalue weighted by Crippen LogP contribution is -1.98. The Kier molecular flexibility index (Phi) is 3.56. The minimum Gasteiger partial charge on any atom is -0.438 e. The van der Waals surface area contributed by atoms with Crippen LogP contribution >= 0.6 is 11.6 Å². The molecule has 0 fully saturated rings. The topological polar surface area (TPSA) is 55.2 Å². The van der Waals surface area contributed by atoms with Gasteiger partial charge in [0, 0.05) is 11.2 Å². The Balaban J connectivity index is 2.32. The van der Waals surface area contributed by atoms with Crippen molar-refractivity contribution in [3.63, 3.8) is 0 Å². The number of rotatable bonds is 3. The third kappa shape index (κ3) is 2.93. The summed E-state index contributed by atoms with van der Waals surface area (Å²) >= 11 is 5.85. The third-order valence-corrected chi connectivity index (χ3v) is 2.36. The maximum absolute atomic E-state index is 9.16. The van der Waals surface area contributed by atoms with Gasteiger partial charge in [0.2, 0.25) is 5.88 Å². The molecule has 2 aromatic rings. The van der Waals surface area contributed by atoms with Crippen LogP contribution in [0.5, 0.6) is 11.6 Å². The number of aryl methyl sites for hydroxylation is 1. The highest BCUT2D eigenvalue weighted by molar-refractivity contribution is 6.30. The Morgan fingerprint density at radius 3 is 2.94 bits per heavy atom. The molecule has 1 aromatic heterocycles. The zero-order valence-electron chi connectivity index (χ0n) is 9.22. The Hall–Kier alpha value is -1.65. The second-order valence-electron chi connectivity index (χ2n) is 3.47. The largest absolute Gasteiger partial charge is 0.438 e. The number of aliphatic hydroxyl groups is 1. The van der Waals surface area contributed by atoms with E-state index in [1.807, 2.05) is 0 Å². The maximum atomic E-state index is 9.16. The summed E-state index contributed by atoms with van der Waals surface area (Å²) in [5.41, 5.74) is 0.538. The van der Waals surface area contributed by atoms with Gasteiger partial charge in [0.05, 0.1) is 12.2 Å². The fourth-order valence-electron chi connectivity index (χ4n) is 1.31. The number of hydrogen-bond donors (Lipinski definition) is 1. The Morgan fingerprint density at radius 2 is 2.24 bits per heavy atom. The van der Waals surface area contributed by atoms with Crippen molar-refractivity contribution in [2.24, 2.45) is 0 Å². The molecular formula is C12H11ClN2O2. The van der Waals surface area contributed by atoms with Gasteiger partial charge in [-0.2, -0.15) is 4.98 Å². The molecule has 4 nitrogen and oxygen atoms in total. The zero-order valence-corrected chi connectivity index (χ0v) is 9.98. The van der Waals surface area contributed by atoms with E-state index in [1.54, 1.807) is 37.4 Å². The van der Waals surface area contributed by atoms with E-state index in [4.69, 9.17) is 21.4 Å². The number of aliphatic hydroxyl groups excluding tert-OH is 1. The first-order chi connectivity index (χ1) is 8.19. The van der Waals surface area contributed by atoms with Crippen molar-refractivity contribution in [3.8, 4) is 11.6 Å². The number of nitrogens with zero attached hydrogens (tertiary/aromatic N) is 2. The molecule has 17 heavy (non-hydrogen) atoms. The molecule has 0 atom stereocenters. The molecule has 0 aliphatic carbocycles. The van der Waals surface area contributed by atoms with Gasteiger partial charge >= 0.3 is 0 Å². The highest BCUT2D eigenvalue weighted by Crippen LogP contribution is 2.25. The van der Waals surface area contributed by atoms with Crippen LogP contribution in [0.4, 0.5) is 0 Å². The third-order valence-electron chi connectivity index (χ3n) is 2.13. The number of benzene rings is 1. The fraction of sp³-hybridized carbons (Fsp3) is 0.167. The van der Waals surface area contributed by atoms with Gasteiger partial charge in [0.15, 0.2) is 0 Å².